The first kappa shape index (κ1) is 19.4. The number of rotatable bonds is 4. The molecular weight excluding hydrogens is 334 g/mol. The molecule has 0 spiro atoms. The molecule has 1 saturated heterocycles. The van der Waals surface area contributed by atoms with E-state index < -0.39 is 5.91 Å². The average molecular weight is 357 g/mol. The van der Waals surface area contributed by atoms with E-state index in [-0.39, 0.29) is 17.6 Å². The number of nitrogens with zero attached hydrogens (tertiary/aromatic N) is 2. The van der Waals surface area contributed by atoms with Crippen molar-refractivity contribution in [1.29, 1.82) is 0 Å². The number of hydrogen-bond donors (Lipinski definition) is 1. The minimum Gasteiger partial charge on any atom is -0.339 e. The Balaban J connectivity index is 1.93. The molecule has 0 saturated carbocycles. The summed E-state index contributed by atoms with van der Waals surface area (Å²) in [6, 6.07) is 6.55. The number of hydrogen-bond acceptors (Lipinski definition) is 4. The fraction of sp³-hybridized carbons (Fsp3) is 0.368. The van der Waals surface area contributed by atoms with Crippen LogP contribution in [0.2, 0.25) is 0 Å². The van der Waals surface area contributed by atoms with E-state index in [0.29, 0.717) is 43.0 Å². The number of carbonyl (C=O) groups is 4. The molecule has 1 fully saturated rings. The molecule has 7 nitrogen and oxygen atoms in total. The van der Waals surface area contributed by atoms with E-state index in [1.807, 2.05) is 0 Å². The Morgan fingerprint density at radius 1 is 0.885 bits per heavy atom. The highest BCUT2D eigenvalue weighted by Crippen LogP contribution is 2.11. The van der Waals surface area contributed by atoms with E-state index in [2.05, 4.69) is 5.32 Å². The largest absolute Gasteiger partial charge is 0.339 e. The van der Waals surface area contributed by atoms with Gasteiger partial charge in [0.25, 0.3) is 0 Å². The van der Waals surface area contributed by atoms with Gasteiger partial charge in [0.1, 0.15) is 0 Å². The molecule has 1 aromatic rings. The molecule has 26 heavy (non-hydrogen) atoms. The molecule has 1 heterocycles. The highest BCUT2D eigenvalue weighted by molar-refractivity contribution is 6.06. The first-order valence-corrected chi connectivity index (χ1v) is 8.43. The molecule has 1 aliphatic rings. The van der Waals surface area contributed by atoms with Gasteiger partial charge in [-0.3, -0.25) is 19.2 Å². The molecule has 138 valence electrons. The number of piperazine rings is 1. The summed E-state index contributed by atoms with van der Waals surface area (Å²) in [5, 5.41) is 2.67. The van der Waals surface area contributed by atoms with Gasteiger partial charge in [-0.2, -0.15) is 0 Å². The third-order valence-corrected chi connectivity index (χ3v) is 4.26. The van der Waals surface area contributed by atoms with Crippen molar-refractivity contribution in [3.8, 4) is 0 Å². The molecule has 0 unspecified atom stereocenters. The smallest absolute Gasteiger partial charge is 0.249 e. The van der Waals surface area contributed by atoms with Crippen LogP contribution in [-0.2, 0) is 14.4 Å². The normalized spacial score (nSPS) is 14.8. The second kappa shape index (κ2) is 8.42. The third kappa shape index (κ3) is 5.02. The van der Waals surface area contributed by atoms with Crippen LogP contribution in [0, 0.1) is 0 Å². The minimum atomic E-state index is -0.409. The molecule has 7 heteroatoms. The Bertz CT molecular complexity index is 745. The van der Waals surface area contributed by atoms with Crippen LogP contribution in [-0.4, -0.2) is 59.5 Å². The zero-order valence-corrected chi connectivity index (χ0v) is 15.2. The van der Waals surface area contributed by atoms with Crippen molar-refractivity contribution in [3.63, 3.8) is 0 Å². The number of Topliss-reactive ketones (excluding diaryl/α,β-unsaturated/α-hetero) is 1. The molecule has 1 aromatic carbocycles. The van der Waals surface area contributed by atoms with Crippen molar-refractivity contribution in [3.05, 3.63) is 41.5 Å². The number of anilines is 1. The van der Waals surface area contributed by atoms with E-state index in [1.54, 1.807) is 41.0 Å². The van der Waals surface area contributed by atoms with Crippen LogP contribution in [0.4, 0.5) is 5.69 Å². The predicted molar refractivity (Wildman–Crippen MR) is 97.7 cm³/mol. The lowest BCUT2D eigenvalue weighted by Crippen LogP contribution is -2.50. The molecule has 2 rings (SSSR count). The number of amides is 3. The molecule has 1 N–H and O–H groups in total. The highest BCUT2D eigenvalue weighted by Gasteiger charge is 2.23. The van der Waals surface area contributed by atoms with Crippen LogP contribution < -0.4 is 5.32 Å². The summed E-state index contributed by atoms with van der Waals surface area (Å²) < 4.78 is 0. The van der Waals surface area contributed by atoms with Crippen LogP contribution in [0.3, 0.4) is 0 Å². The molecule has 0 aliphatic carbocycles. The van der Waals surface area contributed by atoms with Crippen molar-refractivity contribution in [2.24, 2.45) is 0 Å². The molecule has 0 atom stereocenters. The van der Waals surface area contributed by atoms with Gasteiger partial charge >= 0.3 is 0 Å². The zero-order chi connectivity index (χ0) is 19.3. The summed E-state index contributed by atoms with van der Waals surface area (Å²) in [6.45, 7) is 6.50. The number of carbonyl (C=O) groups excluding carboxylic acids is 4. The van der Waals surface area contributed by atoms with E-state index in [9.17, 15) is 19.2 Å². The van der Waals surface area contributed by atoms with Gasteiger partial charge in [-0.05, 0) is 38.1 Å². The third-order valence-electron chi connectivity index (χ3n) is 4.26. The molecule has 0 radical (unpaired) electrons. The topological polar surface area (TPSA) is 86.8 Å². The first-order chi connectivity index (χ1) is 12.3. The van der Waals surface area contributed by atoms with Gasteiger partial charge in [0.15, 0.2) is 5.78 Å². The van der Waals surface area contributed by atoms with Crippen LogP contribution >= 0.6 is 0 Å². The van der Waals surface area contributed by atoms with Crippen LogP contribution in [0.5, 0.6) is 0 Å². The lowest BCUT2D eigenvalue weighted by molar-refractivity contribution is -0.136. The molecular formula is C19H23N3O4. The second-order valence-electron chi connectivity index (χ2n) is 6.25. The summed E-state index contributed by atoms with van der Waals surface area (Å²) in [5.74, 6) is -0.669. The summed E-state index contributed by atoms with van der Waals surface area (Å²) in [4.78, 5) is 50.4. The zero-order valence-electron chi connectivity index (χ0n) is 15.2. The molecule has 0 aromatic heterocycles. The fourth-order valence-corrected chi connectivity index (χ4v) is 2.70. The van der Waals surface area contributed by atoms with Gasteiger partial charge < -0.3 is 15.1 Å². The number of ketones is 1. The Hall–Kier alpha value is -2.96. The summed E-state index contributed by atoms with van der Waals surface area (Å²) >= 11 is 0. The van der Waals surface area contributed by atoms with E-state index in [0.717, 1.165) is 0 Å². The van der Waals surface area contributed by atoms with Crippen molar-refractivity contribution in [2.75, 3.05) is 31.5 Å². The standard InChI is InChI=1S/C19H23N3O4/c1-13(19(26)22-10-8-21(9-11-22)15(3)24)12-18(25)20-17-6-4-16(5-7-17)14(2)23/h4-7,12H,8-11H2,1-3H3,(H,20,25)/b13-12-. The van der Waals surface area contributed by atoms with Crippen molar-refractivity contribution in [1.82, 2.24) is 9.80 Å². The van der Waals surface area contributed by atoms with E-state index in [4.69, 9.17) is 0 Å². The number of benzene rings is 1. The van der Waals surface area contributed by atoms with Crippen LogP contribution in [0.25, 0.3) is 0 Å². The second-order valence-corrected chi connectivity index (χ2v) is 6.25. The fourth-order valence-electron chi connectivity index (χ4n) is 2.70. The first-order valence-electron chi connectivity index (χ1n) is 8.43. The molecule has 1 aliphatic heterocycles. The maximum absolute atomic E-state index is 12.4. The lowest BCUT2D eigenvalue weighted by Gasteiger charge is -2.34. The minimum absolute atomic E-state index is 0.000433. The Morgan fingerprint density at radius 3 is 1.92 bits per heavy atom. The van der Waals surface area contributed by atoms with E-state index in [1.165, 1.54) is 19.9 Å². The van der Waals surface area contributed by atoms with Crippen LogP contribution in [0.1, 0.15) is 31.1 Å². The van der Waals surface area contributed by atoms with Gasteiger partial charge in [-0.1, -0.05) is 0 Å². The maximum Gasteiger partial charge on any atom is 0.249 e. The van der Waals surface area contributed by atoms with Gasteiger partial charge in [0, 0.05) is 56.0 Å². The SMILES string of the molecule is CC(=O)c1ccc(NC(=O)/C=C(/C)C(=O)N2CCN(C(C)=O)CC2)cc1. The predicted octanol–water partition coefficient (Wildman–Crippen LogP) is 1.46. The summed E-state index contributed by atoms with van der Waals surface area (Å²) in [7, 11) is 0. The van der Waals surface area contributed by atoms with Crippen molar-refractivity contribution in [2.45, 2.75) is 20.8 Å². The van der Waals surface area contributed by atoms with Crippen molar-refractivity contribution < 1.29 is 19.2 Å². The van der Waals surface area contributed by atoms with Gasteiger partial charge in [-0.25, -0.2) is 0 Å². The quantitative estimate of drug-likeness (QED) is 0.653. The Labute approximate surface area is 152 Å². The van der Waals surface area contributed by atoms with Gasteiger partial charge in [0.05, 0.1) is 0 Å². The van der Waals surface area contributed by atoms with Crippen molar-refractivity contribution >= 4 is 29.2 Å². The summed E-state index contributed by atoms with van der Waals surface area (Å²) in [5.41, 5.74) is 1.44. The highest BCUT2D eigenvalue weighted by atomic mass is 16.2. The van der Waals surface area contributed by atoms with Gasteiger partial charge in [-0.15, -0.1) is 0 Å². The Kier molecular flexibility index (Phi) is 6.27. The van der Waals surface area contributed by atoms with Crippen LogP contribution in [0.15, 0.2) is 35.9 Å². The monoisotopic (exact) mass is 357 g/mol. The average Bonchev–Trinajstić information content (AvgIpc) is 2.61. The van der Waals surface area contributed by atoms with E-state index >= 15 is 0 Å². The molecule has 0 bridgehead atoms. The Morgan fingerprint density at radius 2 is 1.42 bits per heavy atom. The number of nitrogens with one attached hydrogen (secondary N) is 1. The lowest BCUT2D eigenvalue weighted by atomic mass is 10.1. The molecule has 3 amide bonds. The maximum atomic E-state index is 12.4. The summed E-state index contributed by atoms with van der Waals surface area (Å²) in [6.07, 6.45) is 1.26. The van der Waals surface area contributed by atoms with Gasteiger partial charge in [0.2, 0.25) is 17.7 Å².